The van der Waals surface area contributed by atoms with Crippen LogP contribution in [-0.4, -0.2) is 12.5 Å². The second-order valence-electron chi connectivity index (χ2n) is 5.40. The lowest BCUT2D eigenvalue weighted by Crippen LogP contribution is -2.33. The van der Waals surface area contributed by atoms with E-state index in [1.54, 1.807) is 11.3 Å². The number of anilines is 1. The minimum atomic E-state index is -0.415. The normalized spacial score (nSPS) is 11.8. The van der Waals surface area contributed by atoms with Gasteiger partial charge in [-0.2, -0.15) is 0 Å². The van der Waals surface area contributed by atoms with E-state index in [-0.39, 0.29) is 23.5 Å². The summed E-state index contributed by atoms with van der Waals surface area (Å²) in [5.74, 6) is -0.593. The van der Waals surface area contributed by atoms with E-state index >= 15 is 0 Å². The third kappa shape index (κ3) is 4.59. The van der Waals surface area contributed by atoms with Gasteiger partial charge >= 0.3 is 0 Å². The van der Waals surface area contributed by atoms with Crippen LogP contribution in [0.5, 0.6) is 0 Å². The molecule has 0 aliphatic heterocycles. The van der Waals surface area contributed by atoms with Gasteiger partial charge in [-0.3, -0.25) is 4.79 Å². The van der Waals surface area contributed by atoms with E-state index in [0.29, 0.717) is 5.69 Å². The summed E-state index contributed by atoms with van der Waals surface area (Å²) in [5, 5.41) is 8.18. The number of hydrogen-bond acceptors (Lipinski definition) is 3. The molecule has 0 bridgehead atoms. The second-order valence-corrected chi connectivity index (χ2v) is 6.79. The van der Waals surface area contributed by atoms with Crippen LogP contribution in [-0.2, 0) is 4.79 Å². The van der Waals surface area contributed by atoms with Crippen molar-refractivity contribution in [3.8, 4) is 0 Å². The average molecular weight is 375 g/mol. The largest absolute Gasteiger partial charge is 0.375 e. The monoisotopic (exact) mass is 374 g/mol. The first-order chi connectivity index (χ1) is 12.1. The summed E-state index contributed by atoms with van der Waals surface area (Å²) in [6.45, 7) is 0.0417. The van der Waals surface area contributed by atoms with Gasteiger partial charge in [0.15, 0.2) is 0 Å². The van der Waals surface area contributed by atoms with Crippen LogP contribution >= 0.6 is 22.9 Å². The molecule has 0 aliphatic rings. The topological polar surface area (TPSA) is 41.1 Å². The van der Waals surface area contributed by atoms with Crippen LogP contribution in [0.25, 0.3) is 0 Å². The Hall–Kier alpha value is -2.37. The summed E-state index contributed by atoms with van der Waals surface area (Å²) in [6.07, 6.45) is 0. The molecule has 0 saturated heterocycles. The summed E-state index contributed by atoms with van der Waals surface area (Å²) >= 11 is 7.55. The van der Waals surface area contributed by atoms with Crippen LogP contribution in [0.4, 0.5) is 10.1 Å². The molecule has 128 valence electrons. The summed E-state index contributed by atoms with van der Waals surface area (Å²) in [4.78, 5) is 13.4. The van der Waals surface area contributed by atoms with E-state index < -0.39 is 5.82 Å². The Kier molecular flexibility index (Phi) is 5.68. The fourth-order valence-corrected chi connectivity index (χ4v) is 3.48. The van der Waals surface area contributed by atoms with Gasteiger partial charge in [0.2, 0.25) is 5.91 Å². The molecular formula is C19H16ClFN2OS. The molecule has 6 heteroatoms. The SMILES string of the molecule is O=C(CNc1ccc(F)cc1Cl)N[C@@H](c1ccccc1)c1cccs1. The van der Waals surface area contributed by atoms with Crippen LogP contribution < -0.4 is 10.6 Å². The van der Waals surface area contributed by atoms with Crippen molar-refractivity contribution in [1.29, 1.82) is 0 Å². The third-order valence-electron chi connectivity index (χ3n) is 3.64. The van der Waals surface area contributed by atoms with Crippen molar-refractivity contribution in [2.24, 2.45) is 0 Å². The summed E-state index contributed by atoms with van der Waals surface area (Å²) in [6, 6.07) is 17.5. The highest BCUT2D eigenvalue weighted by Crippen LogP contribution is 2.26. The average Bonchev–Trinajstić information content (AvgIpc) is 3.14. The first-order valence-corrected chi connectivity index (χ1v) is 8.96. The van der Waals surface area contributed by atoms with E-state index in [0.717, 1.165) is 10.4 Å². The van der Waals surface area contributed by atoms with Crippen molar-refractivity contribution in [3.63, 3.8) is 0 Å². The minimum Gasteiger partial charge on any atom is -0.375 e. The third-order valence-corrected chi connectivity index (χ3v) is 4.89. The molecule has 3 rings (SSSR count). The number of halogens is 2. The zero-order valence-electron chi connectivity index (χ0n) is 13.2. The van der Waals surface area contributed by atoms with Gasteiger partial charge in [-0.1, -0.05) is 48.0 Å². The number of carbonyl (C=O) groups excluding carboxylic acids is 1. The zero-order valence-corrected chi connectivity index (χ0v) is 14.8. The van der Waals surface area contributed by atoms with E-state index in [1.165, 1.54) is 18.2 Å². The fraction of sp³-hybridized carbons (Fsp3) is 0.105. The van der Waals surface area contributed by atoms with Crippen molar-refractivity contribution in [1.82, 2.24) is 5.32 Å². The molecule has 25 heavy (non-hydrogen) atoms. The molecule has 1 aromatic heterocycles. The van der Waals surface area contributed by atoms with E-state index in [4.69, 9.17) is 11.6 Å². The number of benzene rings is 2. The van der Waals surface area contributed by atoms with Crippen LogP contribution in [0.3, 0.4) is 0 Å². The van der Waals surface area contributed by atoms with Crippen molar-refractivity contribution in [3.05, 3.63) is 87.3 Å². The van der Waals surface area contributed by atoms with Gasteiger partial charge in [0.25, 0.3) is 0 Å². The zero-order chi connectivity index (χ0) is 17.6. The molecule has 1 atom stereocenters. The molecule has 0 radical (unpaired) electrons. The predicted molar refractivity (Wildman–Crippen MR) is 101 cm³/mol. The molecule has 1 amide bonds. The van der Waals surface area contributed by atoms with Gasteiger partial charge in [0, 0.05) is 4.88 Å². The van der Waals surface area contributed by atoms with Gasteiger partial charge in [-0.25, -0.2) is 4.39 Å². The standard InChI is InChI=1S/C19H16ClFN2OS/c20-15-11-14(21)8-9-16(15)22-12-18(24)23-19(17-7-4-10-25-17)13-5-2-1-3-6-13/h1-11,19,22H,12H2,(H,23,24)/t19-/m0/s1. The molecule has 0 aliphatic carbocycles. The molecule has 0 unspecified atom stereocenters. The van der Waals surface area contributed by atoms with Crippen LogP contribution in [0, 0.1) is 5.82 Å². The van der Waals surface area contributed by atoms with Gasteiger partial charge in [-0.15, -0.1) is 11.3 Å². The smallest absolute Gasteiger partial charge is 0.240 e. The van der Waals surface area contributed by atoms with Crippen molar-refractivity contribution in [2.75, 3.05) is 11.9 Å². The van der Waals surface area contributed by atoms with Gasteiger partial charge in [0.1, 0.15) is 5.82 Å². The Labute approximate surface area is 154 Å². The molecule has 0 spiro atoms. The molecule has 0 saturated carbocycles. The molecule has 3 aromatic rings. The van der Waals surface area contributed by atoms with Crippen molar-refractivity contribution < 1.29 is 9.18 Å². The maximum atomic E-state index is 13.1. The first-order valence-electron chi connectivity index (χ1n) is 7.70. The molecule has 3 nitrogen and oxygen atoms in total. The number of nitrogens with one attached hydrogen (secondary N) is 2. The molecule has 1 heterocycles. The van der Waals surface area contributed by atoms with E-state index in [9.17, 15) is 9.18 Å². The second kappa shape index (κ2) is 8.14. The van der Waals surface area contributed by atoms with E-state index in [1.807, 2.05) is 47.8 Å². The molecule has 2 aromatic carbocycles. The van der Waals surface area contributed by atoms with Crippen LogP contribution in [0.1, 0.15) is 16.5 Å². The van der Waals surface area contributed by atoms with Crippen molar-refractivity contribution in [2.45, 2.75) is 6.04 Å². The van der Waals surface area contributed by atoms with Crippen LogP contribution in [0.2, 0.25) is 5.02 Å². The van der Waals surface area contributed by atoms with Gasteiger partial charge in [0.05, 0.1) is 23.3 Å². The number of amides is 1. The van der Waals surface area contributed by atoms with E-state index in [2.05, 4.69) is 10.6 Å². The summed E-state index contributed by atoms with van der Waals surface area (Å²) < 4.78 is 13.1. The minimum absolute atomic E-state index is 0.0417. The number of thiophene rings is 1. The summed E-state index contributed by atoms with van der Waals surface area (Å²) in [7, 11) is 0. The quantitative estimate of drug-likeness (QED) is 0.647. The number of hydrogen-bond donors (Lipinski definition) is 2. The lowest BCUT2D eigenvalue weighted by Gasteiger charge is -2.18. The Morgan fingerprint density at radius 3 is 2.60 bits per heavy atom. The Morgan fingerprint density at radius 1 is 1.12 bits per heavy atom. The Morgan fingerprint density at radius 2 is 1.92 bits per heavy atom. The highest BCUT2D eigenvalue weighted by Gasteiger charge is 2.17. The molecule has 0 fully saturated rings. The highest BCUT2D eigenvalue weighted by molar-refractivity contribution is 7.10. The van der Waals surface area contributed by atoms with Gasteiger partial charge in [-0.05, 0) is 35.2 Å². The van der Waals surface area contributed by atoms with Crippen LogP contribution in [0.15, 0.2) is 66.0 Å². The Bertz CT molecular complexity index is 840. The fourth-order valence-electron chi connectivity index (χ4n) is 2.44. The van der Waals surface area contributed by atoms with Gasteiger partial charge < -0.3 is 10.6 Å². The lowest BCUT2D eigenvalue weighted by atomic mass is 10.1. The highest BCUT2D eigenvalue weighted by atomic mass is 35.5. The first kappa shape index (κ1) is 17.5. The maximum Gasteiger partial charge on any atom is 0.240 e. The number of rotatable bonds is 6. The predicted octanol–water partition coefficient (Wildman–Crippen LogP) is 4.86. The summed E-state index contributed by atoms with van der Waals surface area (Å²) in [5.41, 5.74) is 1.53. The lowest BCUT2D eigenvalue weighted by molar-refractivity contribution is -0.119. The van der Waals surface area contributed by atoms with Crippen molar-refractivity contribution >= 4 is 34.5 Å². The maximum absolute atomic E-state index is 13.1. The number of carbonyl (C=O) groups is 1. The Balaban J connectivity index is 1.68. The molecule has 2 N–H and O–H groups in total. The molecular weight excluding hydrogens is 359 g/mol.